The van der Waals surface area contributed by atoms with Gasteiger partial charge < -0.3 is 4.74 Å². The van der Waals surface area contributed by atoms with Crippen LogP contribution in [0.15, 0.2) is 0 Å². The molecule has 3 heteroatoms. The molecule has 0 N–H and O–H groups in total. The maximum absolute atomic E-state index is 5.73. The minimum absolute atomic E-state index is 0.386. The zero-order valence-electron chi connectivity index (χ0n) is 10.2. The van der Waals surface area contributed by atoms with E-state index in [1.54, 1.807) is 0 Å². The van der Waals surface area contributed by atoms with Crippen LogP contribution in [0, 0.1) is 5.92 Å². The van der Waals surface area contributed by atoms with E-state index < -0.39 is 0 Å². The SMILES string of the molecule is CC(CCCl)CCN1CC(C)OC(C)C1. The molecule has 3 atom stereocenters. The van der Waals surface area contributed by atoms with E-state index in [1.807, 2.05) is 0 Å². The number of hydrogen-bond acceptors (Lipinski definition) is 2. The Morgan fingerprint density at radius 1 is 1.27 bits per heavy atom. The van der Waals surface area contributed by atoms with Crippen LogP contribution in [0.1, 0.15) is 33.6 Å². The van der Waals surface area contributed by atoms with Gasteiger partial charge in [0.05, 0.1) is 12.2 Å². The van der Waals surface area contributed by atoms with Gasteiger partial charge in [0.25, 0.3) is 0 Å². The van der Waals surface area contributed by atoms with Crippen molar-refractivity contribution in [1.82, 2.24) is 4.90 Å². The first-order valence-corrected chi connectivity index (χ1v) is 6.59. The minimum Gasteiger partial charge on any atom is -0.373 e. The lowest BCUT2D eigenvalue weighted by Crippen LogP contribution is -2.45. The molecule has 0 bridgehead atoms. The van der Waals surface area contributed by atoms with Crippen molar-refractivity contribution in [3.8, 4) is 0 Å². The fourth-order valence-corrected chi connectivity index (χ4v) is 2.57. The van der Waals surface area contributed by atoms with Crippen molar-refractivity contribution in [2.45, 2.75) is 45.8 Å². The molecular weight excluding hydrogens is 210 g/mol. The van der Waals surface area contributed by atoms with Crippen LogP contribution in [0.3, 0.4) is 0 Å². The number of morpholine rings is 1. The van der Waals surface area contributed by atoms with Crippen LogP contribution in [0.5, 0.6) is 0 Å². The average Bonchev–Trinajstić information content (AvgIpc) is 2.14. The van der Waals surface area contributed by atoms with Crippen LogP contribution in [0.25, 0.3) is 0 Å². The Hall–Kier alpha value is 0.210. The zero-order valence-corrected chi connectivity index (χ0v) is 11.0. The molecule has 1 heterocycles. The number of hydrogen-bond donors (Lipinski definition) is 0. The second kappa shape index (κ2) is 6.72. The quantitative estimate of drug-likeness (QED) is 0.678. The van der Waals surface area contributed by atoms with Gasteiger partial charge in [-0.2, -0.15) is 0 Å². The Labute approximate surface area is 98.9 Å². The van der Waals surface area contributed by atoms with Crippen LogP contribution in [-0.4, -0.2) is 42.6 Å². The Bertz CT molecular complexity index is 167. The molecule has 0 spiro atoms. The summed E-state index contributed by atoms with van der Waals surface area (Å²) < 4.78 is 5.71. The Morgan fingerprint density at radius 3 is 2.40 bits per heavy atom. The number of alkyl halides is 1. The zero-order chi connectivity index (χ0) is 11.3. The van der Waals surface area contributed by atoms with Crippen LogP contribution < -0.4 is 0 Å². The van der Waals surface area contributed by atoms with Gasteiger partial charge in [-0.3, -0.25) is 4.90 Å². The molecule has 1 saturated heterocycles. The lowest BCUT2D eigenvalue weighted by Gasteiger charge is -2.35. The van der Waals surface area contributed by atoms with Gasteiger partial charge in [0.15, 0.2) is 0 Å². The molecule has 0 radical (unpaired) electrons. The van der Waals surface area contributed by atoms with E-state index in [9.17, 15) is 0 Å². The van der Waals surface area contributed by atoms with Crippen molar-refractivity contribution in [1.29, 1.82) is 0 Å². The van der Waals surface area contributed by atoms with Crippen molar-refractivity contribution in [2.24, 2.45) is 5.92 Å². The van der Waals surface area contributed by atoms with Crippen LogP contribution >= 0.6 is 11.6 Å². The summed E-state index contributed by atoms with van der Waals surface area (Å²) in [6, 6.07) is 0. The molecule has 0 amide bonds. The normalized spacial score (nSPS) is 30.4. The highest BCUT2D eigenvalue weighted by molar-refractivity contribution is 6.17. The van der Waals surface area contributed by atoms with E-state index in [1.165, 1.54) is 13.0 Å². The Balaban J connectivity index is 2.20. The highest BCUT2D eigenvalue weighted by atomic mass is 35.5. The number of ether oxygens (including phenoxy) is 1. The van der Waals surface area contributed by atoms with Gasteiger partial charge in [0, 0.05) is 19.0 Å². The lowest BCUT2D eigenvalue weighted by molar-refractivity contribution is -0.0688. The smallest absolute Gasteiger partial charge is 0.0678 e. The highest BCUT2D eigenvalue weighted by Gasteiger charge is 2.21. The van der Waals surface area contributed by atoms with Gasteiger partial charge in [-0.1, -0.05) is 6.92 Å². The summed E-state index contributed by atoms with van der Waals surface area (Å²) in [7, 11) is 0. The standard InChI is InChI=1S/C12H24ClNO/c1-10(4-6-13)5-7-14-8-11(2)15-12(3)9-14/h10-12H,4-9H2,1-3H3. The maximum Gasteiger partial charge on any atom is 0.0678 e. The molecule has 3 unspecified atom stereocenters. The summed E-state index contributed by atoms with van der Waals surface area (Å²) in [5.41, 5.74) is 0. The molecule has 1 aliphatic rings. The Kier molecular flexibility index (Phi) is 5.95. The number of halogens is 1. The summed E-state index contributed by atoms with van der Waals surface area (Å²) in [5.74, 6) is 1.54. The predicted octanol–water partition coefficient (Wildman–Crippen LogP) is 2.75. The molecule has 1 aliphatic heterocycles. The molecule has 1 fully saturated rings. The van der Waals surface area contributed by atoms with Gasteiger partial charge in [0.1, 0.15) is 0 Å². The van der Waals surface area contributed by atoms with Crippen molar-refractivity contribution in [3.05, 3.63) is 0 Å². The van der Waals surface area contributed by atoms with Crippen LogP contribution in [0.2, 0.25) is 0 Å². The first-order valence-electron chi connectivity index (χ1n) is 6.05. The van der Waals surface area contributed by atoms with Crippen LogP contribution in [-0.2, 0) is 4.74 Å². The minimum atomic E-state index is 0.386. The summed E-state index contributed by atoms with van der Waals surface area (Å²) in [5, 5.41) is 0. The second-order valence-corrected chi connectivity index (χ2v) is 5.27. The van der Waals surface area contributed by atoms with Gasteiger partial charge in [-0.05, 0) is 39.2 Å². The maximum atomic E-state index is 5.73. The third-order valence-corrected chi connectivity index (χ3v) is 3.25. The number of rotatable bonds is 5. The van der Waals surface area contributed by atoms with Crippen LogP contribution in [0.4, 0.5) is 0 Å². The molecule has 1 rings (SSSR count). The van der Waals surface area contributed by atoms with E-state index in [-0.39, 0.29) is 0 Å². The van der Waals surface area contributed by atoms with E-state index in [0.29, 0.717) is 12.2 Å². The van der Waals surface area contributed by atoms with Gasteiger partial charge in [-0.15, -0.1) is 11.6 Å². The molecule has 0 aromatic heterocycles. The molecular formula is C12H24ClNO. The highest BCUT2D eigenvalue weighted by Crippen LogP contribution is 2.14. The molecule has 0 saturated carbocycles. The fourth-order valence-electron chi connectivity index (χ4n) is 2.20. The van der Waals surface area contributed by atoms with E-state index in [4.69, 9.17) is 16.3 Å². The fraction of sp³-hybridized carbons (Fsp3) is 1.00. The second-order valence-electron chi connectivity index (χ2n) is 4.89. The average molecular weight is 234 g/mol. The summed E-state index contributed by atoms with van der Waals surface area (Å²) in [6.07, 6.45) is 3.16. The monoisotopic (exact) mass is 233 g/mol. The van der Waals surface area contributed by atoms with Crippen molar-refractivity contribution in [3.63, 3.8) is 0 Å². The van der Waals surface area contributed by atoms with Gasteiger partial charge in [-0.25, -0.2) is 0 Å². The molecule has 0 aliphatic carbocycles. The number of nitrogens with zero attached hydrogens (tertiary/aromatic N) is 1. The van der Waals surface area contributed by atoms with Crippen molar-refractivity contribution < 1.29 is 4.74 Å². The molecule has 0 aromatic rings. The third kappa shape index (κ3) is 5.19. The van der Waals surface area contributed by atoms with Crippen molar-refractivity contribution in [2.75, 3.05) is 25.5 Å². The third-order valence-electron chi connectivity index (χ3n) is 3.04. The first kappa shape index (κ1) is 13.3. The Morgan fingerprint density at radius 2 is 1.87 bits per heavy atom. The van der Waals surface area contributed by atoms with E-state index in [0.717, 1.165) is 31.3 Å². The van der Waals surface area contributed by atoms with E-state index >= 15 is 0 Å². The largest absolute Gasteiger partial charge is 0.373 e. The molecule has 0 aromatic carbocycles. The van der Waals surface area contributed by atoms with Crippen molar-refractivity contribution >= 4 is 11.6 Å². The van der Waals surface area contributed by atoms with Gasteiger partial charge in [0.2, 0.25) is 0 Å². The molecule has 15 heavy (non-hydrogen) atoms. The van der Waals surface area contributed by atoms with E-state index in [2.05, 4.69) is 25.7 Å². The van der Waals surface area contributed by atoms with Gasteiger partial charge >= 0.3 is 0 Å². The molecule has 90 valence electrons. The predicted molar refractivity (Wildman–Crippen MR) is 65.6 cm³/mol. The summed E-state index contributed by atoms with van der Waals surface area (Å²) >= 11 is 5.73. The summed E-state index contributed by atoms with van der Waals surface area (Å²) in [6.45, 7) is 9.96. The first-order chi connectivity index (χ1) is 7.11. The molecule has 2 nitrogen and oxygen atoms in total. The summed E-state index contributed by atoms with van der Waals surface area (Å²) in [4.78, 5) is 2.52. The topological polar surface area (TPSA) is 12.5 Å². The lowest BCUT2D eigenvalue weighted by atomic mass is 10.0.